The van der Waals surface area contributed by atoms with Crippen LogP contribution in [0.1, 0.15) is 40.0 Å². The summed E-state index contributed by atoms with van der Waals surface area (Å²) in [6.45, 7) is 10.3. The molecule has 0 N–H and O–H groups in total. The predicted molar refractivity (Wildman–Crippen MR) is 63.9 cm³/mol. The fourth-order valence-electron chi connectivity index (χ4n) is 4.24. The van der Waals surface area contributed by atoms with Crippen LogP contribution in [0.4, 0.5) is 0 Å². The Kier molecular flexibility index (Phi) is 2.85. The molecule has 2 aliphatic carbocycles. The van der Waals surface area contributed by atoms with Gasteiger partial charge in [0.15, 0.2) is 0 Å². The van der Waals surface area contributed by atoms with Crippen molar-refractivity contribution in [1.82, 2.24) is 0 Å². The Balaban J connectivity index is 2.15. The molecule has 0 aromatic heterocycles. The number of carbonyl (C=O) groups excluding carboxylic acids is 1. The van der Waals surface area contributed by atoms with Crippen molar-refractivity contribution in [3.63, 3.8) is 0 Å². The molecule has 0 radical (unpaired) electrons. The summed E-state index contributed by atoms with van der Waals surface area (Å²) in [6, 6.07) is 0. The number of esters is 1. The lowest BCUT2D eigenvalue weighted by Gasteiger charge is -2.35. The third-order valence-corrected chi connectivity index (χ3v) is 4.72. The molecule has 0 saturated heterocycles. The Morgan fingerprint density at radius 2 is 2.25 bits per heavy atom. The SMILES string of the molecule is C=CC(=O)OC1CC2CCC1(C)C2C(C)C. The first-order valence-electron chi connectivity index (χ1n) is 6.32. The average molecular weight is 222 g/mol. The van der Waals surface area contributed by atoms with Gasteiger partial charge >= 0.3 is 5.97 Å². The van der Waals surface area contributed by atoms with Gasteiger partial charge in [-0.2, -0.15) is 0 Å². The van der Waals surface area contributed by atoms with E-state index in [2.05, 4.69) is 27.4 Å². The van der Waals surface area contributed by atoms with Crippen LogP contribution in [0, 0.1) is 23.2 Å². The molecule has 2 aliphatic rings. The van der Waals surface area contributed by atoms with Crippen molar-refractivity contribution in [2.75, 3.05) is 0 Å². The highest BCUT2D eigenvalue weighted by atomic mass is 16.5. The summed E-state index contributed by atoms with van der Waals surface area (Å²) >= 11 is 0. The van der Waals surface area contributed by atoms with E-state index in [1.807, 2.05) is 0 Å². The van der Waals surface area contributed by atoms with E-state index >= 15 is 0 Å². The maximum absolute atomic E-state index is 11.3. The van der Waals surface area contributed by atoms with E-state index in [0.29, 0.717) is 5.92 Å². The van der Waals surface area contributed by atoms with Crippen LogP contribution in [0.15, 0.2) is 12.7 Å². The highest BCUT2D eigenvalue weighted by Gasteiger charge is 2.58. The van der Waals surface area contributed by atoms with Crippen LogP contribution in [0.3, 0.4) is 0 Å². The monoisotopic (exact) mass is 222 g/mol. The third-order valence-electron chi connectivity index (χ3n) is 4.72. The molecule has 2 fully saturated rings. The molecule has 2 saturated carbocycles. The van der Waals surface area contributed by atoms with Crippen molar-refractivity contribution in [3.05, 3.63) is 12.7 Å². The maximum Gasteiger partial charge on any atom is 0.330 e. The van der Waals surface area contributed by atoms with Crippen LogP contribution in [-0.4, -0.2) is 12.1 Å². The minimum absolute atomic E-state index is 0.115. The zero-order chi connectivity index (χ0) is 11.9. The highest BCUT2D eigenvalue weighted by Crippen LogP contribution is 2.61. The van der Waals surface area contributed by atoms with E-state index in [4.69, 9.17) is 4.74 Å². The van der Waals surface area contributed by atoms with Gasteiger partial charge in [-0.15, -0.1) is 0 Å². The lowest BCUT2D eigenvalue weighted by Crippen LogP contribution is -2.35. The van der Waals surface area contributed by atoms with E-state index in [1.165, 1.54) is 18.9 Å². The van der Waals surface area contributed by atoms with Crippen LogP contribution in [0.2, 0.25) is 0 Å². The van der Waals surface area contributed by atoms with Crippen LogP contribution in [-0.2, 0) is 9.53 Å². The Morgan fingerprint density at radius 3 is 2.75 bits per heavy atom. The molecule has 0 heterocycles. The van der Waals surface area contributed by atoms with Gasteiger partial charge in [0.1, 0.15) is 6.10 Å². The second-order valence-electron chi connectivity index (χ2n) is 5.94. The van der Waals surface area contributed by atoms with Crippen molar-refractivity contribution in [3.8, 4) is 0 Å². The Bertz CT molecular complexity index is 308. The second-order valence-corrected chi connectivity index (χ2v) is 5.94. The Labute approximate surface area is 98.1 Å². The topological polar surface area (TPSA) is 26.3 Å². The summed E-state index contributed by atoms with van der Waals surface area (Å²) in [6.07, 6.45) is 4.96. The lowest BCUT2D eigenvalue weighted by molar-refractivity contribution is -0.149. The van der Waals surface area contributed by atoms with Crippen molar-refractivity contribution < 1.29 is 9.53 Å². The lowest BCUT2D eigenvalue weighted by atomic mass is 9.74. The van der Waals surface area contributed by atoms with Gasteiger partial charge in [0, 0.05) is 11.5 Å². The second kappa shape index (κ2) is 3.90. The third kappa shape index (κ3) is 1.59. The molecule has 2 rings (SSSR count). The van der Waals surface area contributed by atoms with E-state index in [0.717, 1.165) is 18.3 Å². The quantitative estimate of drug-likeness (QED) is 0.541. The molecule has 16 heavy (non-hydrogen) atoms. The Hall–Kier alpha value is -0.790. The number of hydrogen-bond donors (Lipinski definition) is 0. The molecule has 2 bridgehead atoms. The molecule has 0 amide bonds. The van der Waals surface area contributed by atoms with E-state index in [1.54, 1.807) is 0 Å². The summed E-state index contributed by atoms with van der Waals surface area (Å²) in [5, 5.41) is 0. The van der Waals surface area contributed by atoms with E-state index in [9.17, 15) is 4.79 Å². The highest BCUT2D eigenvalue weighted by molar-refractivity contribution is 5.81. The largest absolute Gasteiger partial charge is 0.459 e. The van der Waals surface area contributed by atoms with Crippen molar-refractivity contribution in [2.45, 2.75) is 46.1 Å². The fraction of sp³-hybridized carbons (Fsp3) is 0.786. The molecule has 90 valence electrons. The van der Waals surface area contributed by atoms with Gasteiger partial charge in [-0.3, -0.25) is 0 Å². The summed E-state index contributed by atoms with van der Waals surface area (Å²) in [5.74, 6) is 1.90. The first-order chi connectivity index (χ1) is 7.49. The van der Waals surface area contributed by atoms with Crippen LogP contribution in [0.25, 0.3) is 0 Å². The zero-order valence-electron chi connectivity index (χ0n) is 10.5. The van der Waals surface area contributed by atoms with Crippen molar-refractivity contribution >= 4 is 5.97 Å². The molecule has 0 aromatic carbocycles. The van der Waals surface area contributed by atoms with Gasteiger partial charge in [-0.05, 0) is 37.0 Å². The van der Waals surface area contributed by atoms with Gasteiger partial charge in [0.25, 0.3) is 0 Å². The minimum atomic E-state index is -0.263. The minimum Gasteiger partial charge on any atom is -0.459 e. The maximum atomic E-state index is 11.3. The number of carbonyl (C=O) groups is 1. The van der Waals surface area contributed by atoms with Gasteiger partial charge in [-0.25, -0.2) is 4.79 Å². The molecule has 0 spiro atoms. The molecule has 2 heteroatoms. The molecule has 0 aliphatic heterocycles. The molecule has 4 unspecified atom stereocenters. The molecular weight excluding hydrogens is 200 g/mol. The first kappa shape index (κ1) is 11.7. The van der Waals surface area contributed by atoms with Crippen LogP contribution < -0.4 is 0 Å². The van der Waals surface area contributed by atoms with Gasteiger partial charge in [0.2, 0.25) is 0 Å². The molecule has 0 aromatic rings. The first-order valence-corrected chi connectivity index (χ1v) is 6.32. The summed E-state index contributed by atoms with van der Waals surface area (Å²) < 4.78 is 5.52. The summed E-state index contributed by atoms with van der Waals surface area (Å²) in [7, 11) is 0. The van der Waals surface area contributed by atoms with Gasteiger partial charge in [-0.1, -0.05) is 27.4 Å². The van der Waals surface area contributed by atoms with E-state index in [-0.39, 0.29) is 17.5 Å². The van der Waals surface area contributed by atoms with E-state index < -0.39 is 0 Å². The van der Waals surface area contributed by atoms with Crippen LogP contribution >= 0.6 is 0 Å². The zero-order valence-corrected chi connectivity index (χ0v) is 10.5. The van der Waals surface area contributed by atoms with Crippen molar-refractivity contribution in [1.29, 1.82) is 0 Å². The average Bonchev–Trinajstić information content (AvgIpc) is 2.67. The van der Waals surface area contributed by atoms with Gasteiger partial charge in [0.05, 0.1) is 0 Å². The fourth-order valence-corrected chi connectivity index (χ4v) is 4.24. The predicted octanol–water partition coefficient (Wildman–Crippen LogP) is 3.18. The normalized spacial score (nSPS) is 41.4. The number of fused-ring (bicyclic) bond motifs is 2. The molecule has 4 atom stereocenters. The van der Waals surface area contributed by atoms with Crippen LogP contribution in [0.5, 0.6) is 0 Å². The summed E-state index contributed by atoms with van der Waals surface area (Å²) in [5.41, 5.74) is 0.206. The number of rotatable bonds is 3. The smallest absolute Gasteiger partial charge is 0.330 e. The molecular formula is C14H22O2. The number of hydrogen-bond acceptors (Lipinski definition) is 2. The van der Waals surface area contributed by atoms with Crippen molar-refractivity contribution in [2.24, 2.45) is 23.2 Å². The summed E-state index contributed by atoms with van der Waals surface area (Å²) in [4.78, 5) is 11.3. The standard InChI is InChI=1S/C14H22O2/c1-5-12(15)16-11-8-10-6-7-14(11,4)13(10)9(2)3/h5,9-11,13H,1,6-8H2,2-4H3. The number of ether oxygens (including phenoxy) is 1. The Morgan fingerprint density at radius 1 is 1.56 bits per heavy atom. The molecule has 2 nitrogen and oxygen atoms in total. The van der Waals surface area contributed by atoms with Gasteiger partial charge < -0.3 is 4.74 Å².